The van der Waals surface area contributed by atoms with E-state index in [1.54, 1.807) is 29.3 Å². The zero-order chi connectivity index (χ0) is 14.0. The van der Waals surface area contributed by atoms with Crippen LogP contribution in [0.2, 0.25) is 10.2 Å². The number of nitrogens with zero attached hydrogens (tertiary/aromatic N) is 3. The van der Waals surface area contributed by atoms with E-state index in [0.29, 0.717) is 21.4 Å². The molecule has 0 saturated carbocycles. The lowest BCUT2D eigenvalue weighted by Crippen LogP contribution is -2.09. The number of rotatable bonds is 4. The Morgan fingerprint density at radius 3 is 2.74 bits per heavy atom. The topological polar surface area (TPSA) is 47.8 Å². The lowest BCUT2D eigenvalue weighted by atomic mass is 10.0. The van der Waals surface area contributed by atoms with E-state index in [9.17, 15) is 4.79 Å². The maximum Gasteiger partial charge on any atom is 0.155 e. The fourth-order valence-electron chi connectivity index (χ4n) is 1.56. The van der Waals surface area contributed by atoms with Crippen LogP contribution in [-0.4, -0.2) is 20.5 Å². The van der Waals surface area contributed by atoms with Crippen LogP contribution in [0.3, 0.4) is 0 Å². The van der Waals surface area contributed by atoms with Crippen molar-refractivity contribution >= 4 is 29.0 Å². The van der Waals surface area contributed by atoms with Gasteiger partial charge < -0.3 is 0 Å². The zero-order valence-electron chi connectivity index (χ0n) is 10.6. The Bertz CT molecular complexity index is 608. The highest BCUT2D eigenvalue weighted by Crippen LogP contribution is 2.19. The number of aromatic nitrogens is 3. The number of hydrogen-bond donors (Lipinski definition) is 0. The van der Waals surface area contributed by atoms with Gasteiger partial charge in [0.2, 0.25) is 0 Å². The summed E-state index contributed by atoms with van der Waals surface area (Å²) < 4.78 is 1.57. The van der Waals surface area contributed by atoms with Gasteiger partial charge in [0.1, 0.15) is 5.78 Å². The summed E-state index contributed by atoms with van der Waals surface area (Å²) in [5, 5.41) is 5.01. The van der Waals surface area contributed by atoms with Crippen molar-refractivity contribution in [1.29, 1.82) is 0 Å². The smallest absolute Gasteiger partial charge is 0.155 e. The SMILES string of the molecule is CC(C)C(=O)Cc1cn(-c2cncc(Cl)c2)nc1Cl. The van der Waals surface area contributed by atoms with Crippen LogP contribution in [0.4, 0.5) is 0 Å². The molecule has 100 valence electrons. The quantitative estimate of drug-likeness (QED) is 0.869. The minimum atomic E-state index is -0.0211. The highest BCUT2D eigenvalue weighted by Gasteiger charge is 2.14. The van der Waals surface area contributed by atoms with Gasteiger partial charge in [0, 0.05) is 30.3 Å². The van der Waals surface area contributed by atoms with Crippen molar-refractivity contribution in [2.45, 2.75) is 20.3 Å². The monoisotopic (exact) mass is 297 g/mol. The van der Waals surface area contributed by atoms with Gasteiger partial charge in [-0.25, -0.2) is 4.68 Å². The summed E-state index contributed by atoms with van der Waals surface area (Å²) in [6.07, 6.45) is 5.18. The lowest BCUT2D eigenvalue weighted by molar-refractivity contribution is -0.121. The molecule has 0 aliphatic carbocycles. The molecule has 2 heterocycles. The van der Waals surface area contributed by atoms with E-state index in [2.05, 4.69) is 10.1 Å². The van der Waals surface area contributed by atoms with E-state index in [4.69, 9.17) is 23.2 Å². The largest absolute Gasteiger partial charge is 0.299 e. The molecule has 0 unspecified atom stereocenters. The van der Waals surface area contributed by atoms with Crippen LogP contribution in [0.5, 0.6) is 0 Å². The first-order valence-corrected chi connectivity index (χ1v) is 6.60. The molecule has 0 atom stereocenters. The molecule has 2 aromatic heterocycles. The third-order valence-corrected chi connectivity index (χ3v) is 3.23. The molecule has 19 heavy (non-hydrogen) atoms. The third kappa shape index (κ3) is 3.33. The maximum atomic E-state index is 11.7. The zero-order valence-corrected chi connectivity index (χ0v) is 12.1. The number of ketones is 1. The Labute approximate surface area is 121 Å². The predicted molar refractivity (Wildman–Crippen MR) is 74.9 cm³/mol. The summed E-state index contributed by atoms with van der Waals surface area (Å²) in [4.78, 5) is 15.7. The Kier molecular flexibility index (Phi) is 4.22. The predicted octanol–water partition coefficient (Wildman–Crippen LogP) is 3.34. The summed E-state index contributed by atoms with van der Waals surface area (Å²) in [5.41, 5.74) is 1.41. The van der Waals surface area contributed by atoms with Crippen LogP contribution in [0.15, 0.2) is 24.7 Å². The van der Waals surface area contributed by atoms with Crippen molar-refractivity contribution in [3.8, 4) is 5.69 Å². The molecule has 2 aromatic rings. The highest BCUT2D eigenvalue weighted by atomic mass is 35.5. The van der Waals surface area contributed by atoms with Gasteiger partial charge in [-0.3, -0.25) is 9.78 Å². The maximum absolute atomic E-state index is 11.7. The van der Waals surface area contributed by atoms with Crippen LogP contribution in [-0.2, 0) is 11.2 Å². The second-order valence-electron chi connectivity index (χ2n) is 4.55. The van der Waals surface area contributed by atoms with Gasteiger partial charge in [0.25, 0.3) is 0 Å². The van der Waals surface area contributed by atoms with Crippen LogP contribution in [0.1, 0.15) is 19.4 Å². The van der Waals surface area contributed by atoms with E-state index in [0.717, 1.165) is 0 Å². The molecule has 0 fully saturated rings. The van der Waals surface area contributed by atoms with Crippen LogP contribution >= 0.6 is 23.2 Å². The standard InChI is InChI=1S/C13H13Cl2N3O/c1-8(2)12(19)3-9-7-18(17-13(9)15)11-4-10(14)5-16-6-11/h4-8H,3H2,1-2H3. The summed E-state index contributed by atoms with van der Waals surface area (Å²) in [6.45, 7) is 3.73. The van der Waals surface area contributed by atoms with E-state index in [1.165, 1.54) is 0 Å². The Hall–Kier alpha value is -1.39. The molecule has 6 heteroatoms. The highest BCUT2D eigenvalue weighted by molar-refractivity contribution is 6.30. The molecule has 0 bridgehead atoms. The van der Waals surface area contributed by atoms with E-state index in [-0.39, 0.29) is 18.1 Å². The van der Waals surface area contributed by atoms with Crippen molar-refractivity contribution in [2.75, 3.05) is 0 Å². The second-order valence-corrected chi connectivity index (χ2v) is 5.34. The first-order chi connectivity index (χ1) is 8.97. The summed E-state index contributed by atoms with van der Waals surface area (Å²) >= 11 is 11.9. The number of pyridine rings is 1. The molecule has 0 spiro atoms. The van der Waals surface area contributed by atoms with Crippen LogP contribution in [0.25, 0.3) is 5.69 Å². The molecular weight excluding hydrogens is 285 g/mol. The molecule has 0 N–H and O–H groups in total. The summed E-state index contributed by atoms with van der Waals surface area (Å²) in [7, 11) is 0. The lowest BCUT2D eigenvalue weighted by Gasteiger charge is -2.01. The average molecular weight is 298 g/mol. The van der Waals surface area contributed by atoms with Crippen molar-refractivity contribution < 1.29 is 4.79 Å². The van der Waals surface area contributed by atoms with Gasteiger partial charge in [0.05, 0.1) is 16.9 Å². The van der Waals surface area contributed by atoms with E-state index >= 15 is 0 Å². The van der Waals surface area contributed by atoms with Gasteiger partial charge >= 0.3 is 0 Å². The van der Waals surface area contributed by atoms with Crippen molar-refractivity contribution in [1.82, 2.24) is 14.8 Å². The van der Waals surface area contributed by atoms with Crippen molar-refractivity contribution in [2.24, 2.45) is 5.92 Å². The van der Waals surface area contributed by atoms with Crippen LogP contribution < -0.4 is 0 Å². The van der Waals surface area contributed by atoms with Gasteiger partial charge in [-0.15, -0.1) is 0 Å². The van der Waals surface area contributed by atoms with Crippen molar-refractivity contribution in [3.63, 3.8) is 0 Å². The third-order valence-electron chi connectivity index (χ3n) is 2.70. The van der Waals surface area contributed by atoms with Crippen molar-refractivity contribution in [3.05, 3.63) is 40.4 Å². The van der Waals surface area contributed by atoms with E-state index in [1.807, 2.05) is 13.8 Å². The molecule has 0 aromatic carbocycles. The fourth-order valence-corrected chi connectivity index (χ4v) is 1.92. The molecule has 0 aliphatic heterocycles. The minimum absolute atomic E-state index is 0.0211. The molecule has 0 amide bonds. The number of halogens is 2. The van der Waals surface area contributed by atoms with Crippen LogP contribution in [0, 0.1) is 5.92 Å². The van der Waals surface area contributed by atoms with Gasteiger partial charge in [-0.05, 0) is 6.07 Å². The summed E-state index contributed by atoms with van der Waals surface area (Å²) in [5.74, 6) is 0.109. The summed E-state index contributed by atoms with van der Waals surface area (Å²) in [6, 6.07) is 1.73. The number of Topliss-reactive ketones (excluding diaryl/α,β-unsaturated/α-hetero) is 1. The Morgan fingerprint density at radius 2 is 2.11 bits per heavy atom. The molecule has 0 aliphatic rings. The Morgan fingerprint density at radius 1 is 1.37 bits per heavy atom. The normalized spacial score (nSPS) is 11.0. The Balaban J connectivity index is 2.28. The van der Waals surface area contributed by atoms with Gasteiger partial charge in [0.15, 0.2) is 5.15 Å². The number of carbonyl (C=O) groups excluding carboxylic acids is 1. The molecular formula is C13H13Cl2N3O. The van der Waals surface area contributed by atoms with Gasteiger partial charge in [-0.2, -0.15) is 5.10 Å². The number of carbonyl (C=O) groups is 1. The fraction of sp³-hybridized carbons (Fsp3) is 0.308. The van der Waals surface area contributed by atoms with Gasteiger partial charge in [-0.1, -0.05) is 37.0 Å². The van der Waals surface area contributed by atoms with E-state index < -0.39 is 0 Å². The molecule has 4 nitrogen and oxygen atoms in total. The molecule has 2 rings (SSSR count). The molecule has 0 saturated heterocycles. The average Bonchev–Trinajstić information content (AvgIpc) is 2.71. The first kappa shape index (κ1) is 14.0. The minimum Gasteiger partial charge on any atom is -0.299 e. The number of hydrogen-bond acceptors (Lipinski definition) is 3. The first-order valence-electron chi connectivity index (χ1n) is 5.85. The second kappa shape index (κ2) is 5.72. The molecule has 0 radical (unpaired) electrons.